The summed E-state index contributed by atoms with van der Waals surface area (Å²) in [6.45, 7) is 1.47. The standard InChI is InChI=1S/C13H14Cl2F5N.ClH/c14-3-6-21(7-4-15)5-1-2-8-9(16)11(18)13(20)12(19)10(8)17;/h1-7H2;1H. The number of hydrogen-bond donors (Lipinski definition) is 0. The Bertz CT molecular complexity index is 452. The largest absolute Gasteiger partial charge is 0.301 e. The molecule has 0 aliphatic carbocycles. The van der Waals surface area contributed by atoms with E-state index in [-0.39, 0.29) is 25.2 Å². The van der Waals surface area contributed by atoms with Crippen LogP contribution in [0.15, 0.2) is 0 Å². The lowest BCUT2D eigenvalue weighted by atomic mass is 10.1. The molecule has 0 heterocycles. The Kier molecular flexibility index (Phi) is 10.3. The molecule has 0 bridgehead atoms. The van der Waals surface area contributed by atoms with E-state index in [1.54, 1.807) is 0 Å². The van der Waals surface area contributed by atoms with Gasteiger partial charge in [0.25, 0.3) is 0 Å². The van der Waals surface area contributed by atoms with Gasteiger partial charge >= 0.3 is 0 Å². The summed E-state index contributed by atoms with van der Waals surface area (Å²) in [6, 6.07) is 0. The van der Waals surface area contributed by atoms with E-state index in [9.17, 15) is 22.0 Å². The first-order valence-electron chi connectivity index (χ1n) is 6.28. The van der Waals surface area contributed by atoms with Crippen molar-refractivity contribution in [2.75, 3.05) is 31.4 Å². The van der Waals surface area contributed by atoms with Crippen molar-refractivity contribution in [1.82, 2.24) is 4.90 Å². The second-order valence-corrected chi connectivity index (χ2v) is 5.13. The summed E-state index contributed by atoms with van der Waals surface area (Å²) in [5.41, 5.74) is -0.789. The Labute approximate surface area is 141 Å². The molecule has 1 aromatic rings. The minimum Gasteiger partial charge on any atom is -0.301 e. The number of alkyl halides is 2. The lowest BCUT2D eigenvalue weighted by molar-refractivity contribution is 0.300. The molecule has 9 heteroatoms. The molecule has 1 rings (SSSR count). The summed E-state index contributed by atoms with van der Waals surface area (Å²) in [4.78, 5) is 1.85. The molecule has 0 aliphatic rings. The molecule has 0 fully saturated rings. The van der Waals surface area contributed by atoms with Crippen molar-refractivity contribution >= 4 is 35.6 Å². The highest BCUT2D eigenvalue weighted by atomic mass is 35.5. The van der Waals surface area contributed by atoms with E-state index in [1.807, 2.05) is 4.90 Å². The molecule has 0 saturated heterocycles. The van der Waals surface area contributed by atoms with Crippen LogP contribution < -0.4 is 0 Å². The van der Waals surface area contributed by atoms with E-state index < -0.39 is 34.6 Å². The van der Waals surface area contributed by atoms with Crippen molar-refractivity contribution in [3.8, 4) is 0 Å². The highest BCUT2D eigenvalue weighted by Gasteiger charge is 2.25. The Morgan fingerprint density at radius 1 is 0.682 bits per heavy atom. The Balaban J connectivity index is 0.00000441. The normalized spacial score (nSPS) is 10.9. The molecular formula is C13H15Cl3F5N. The van der Waals surface area contributed by atoms with Crippen molar-refractivity contribution in [1.29, 1.82) is 0 Å². The molecule has 0 aromatic heterocycles. The molecule has 0 N–H and O–H groups in total. The third kappa shape index (κ3) is 5.41. The molecule has 128 valence electrons. The summed E-state index contributed by atoms with van der Waals surface area (Å²) < 4.78 is 65.8. The SMILES string of the molecule is Cl.Fc1c(F)c(F)c(CCCN(CCCl)CCCl)c(F)c1F. The van der Waals surface area contributed by atoms with Crippen LogP contribution in [0.1, 0.15) is 12.0 Å². The van der Waals surface area contributed by atoms with Crippen LogP contribution >= 0.6 is 35.6 Å². The molecule has 0 atom stereocenters. The Morgan fingerprint density at radius 3 is 1.50 bits per heavy atom. The highest BCUT2D eigenvalue weighted by molar-refractivity contribution is 6.18. The van der Waals surface area contributed by atoms with Gasteiger partial charge in [0, 0.05) is 30.4 Å². The Hall–Kier alpha value is -0.300. The van der Waals surface area contributed by atoms with Gasteiger partial charge in [-0.2, -0.15) is 0 Å². The van der Waals surface area contributed by atoms with Gasteiger partial charge in [0.15, 0.2) is 23.3 Å². The molecule has 0 aliphatic heterocycles. The fourth-order valence-electron chi connectivity index (χ4n) is 1.92. The van der Waals surface area contributed by atoms with Gasteiger partial charge in [-0.3, -0.25) is 0 Å². The van der Waals surface area contributed by atoms with E-state index in [1.165, 1.54) is 0 Å². The van der Waals surface area contributed by atoms with Crippen LogP contribution in [0, 0.1) is 29.1 Å². The van der Waals surface area contributed by atoms with Gasteiger partial charge in [-0.15, -0.1) is 35.6 Å². The second-order valence-electron chi connectivity index (χ2n) is 4.37. The summed E-state index contributed by atoms with van der Waals surface area (Å²) in [6.07, 6.45) is -0.0288. The molecule has 0 unspecified atom stereocenters. The van der Waals surface area contributed by atoms with Crippen LogP contribution in [0.2, 0.25) is 0 Å². The van der Waals surface area contributed by atoms with Crippen LogP contribution in [0.25, 0.3) is 0 Å². The zero-order valence-electron chi connectivity index (χ0n) is 11.5. The van der Waals surface area contributed by atoms with Crippen molar-refractivity contribution in [2.24, 2.45) is 0 Å². The zero-order chi connectivity index (χ0) is 16.0. The highest BCUT2D eigenvalue weighted by Crippen LogP contribution is 2.24. The summed E-state index contributed by atoms with van der Waals surface area (Å²) >= 11 is 11.2. The van der Waals surface area contributed by atoms with Crippen LogP contribution in [0.4, 0.5) is 22.0 Å². The average Bonchev–Trinajstić information content (AvgIpc) is 2.47. The topological polar surface area (TPSA) is 3.24 Å². The van der Waals surface area contributed by atoms with Crippen LogP contribution in [0.5, 0.6) is 0 Å². The lowest BCUT2D eigenvalue weighted by Crippen LogP contribution is -2.29. The molecule has 0 spiro atoms. The minimum absolute atomic E-state index is 0. The lowest BCUT2D eigenvalue weighted by Gasteiger charge is -2.19. The molecule has 0 amide bonds. The van der Waals surface area contributed by atoms with Crippen molar-refractivity contribution in [3.63, 3.8) is 0 Å². The minimum atomic E-state index is -2.14. The quantitative estimate of drug-likeness (QED) is 0.275. The average molecular weight is 387 g/mol. The molecule has 22 heavy (non-hydrogen) atoms. The first-order valence-corrected chi connectivity index (χ1v) is 7.35. The monoisotopic (exact) mass is 385 g/mol. The predicted molar refractivity (Wildman–Crippen MR) is 79.7 cm³/mol. The maximum Gasteiger partial charge on any atom is 0.200 e. The van der Waals surface area contributed by atoms with E-state index >= 15 is 0 Å². The van der Waals surface area contributed by atoms with Crippen LogP contribution in [-0.2, 0) is 6.42 Å². The zero-order valence-corrected chi connectivity index (χ0v) is 13.8. The summed E-state index contributed by atoms with van der Waals surface area (Å²) in [5, 5.41) is 0. The third-order valence-electron chi connectivity index (χ3n) is 3.00. The smallest absolute Gasteiger partial charge is 0.200 e. The van der Waals surface area contributed by atoms with E-state index in [0.717, 1.165) is 0 Å². The fourth-order valence-corrected chi connectivity index (χ4v) is 2.40. The van der Waals surface area contributed by atoms with Crippen molar-refractivity contribution < 1.29 is 22.0 Å². The molecule has 0 radical (unpaired) electrons. The number of rotatable bonds is 8. The van der Waals surface area contributed by atoms with E-state index in [4.69, 9.17) is 23.2 Å². The number of benzene rings is 1. The van der Waals surface area contributed by atoms with E-state index in [2.05, 4.69) is 0 Å². The number of nitrogens with zero attached hydrogens (tertiary/aromatic N) is 1. The van der Waals surface area contributed by atoms with Crippen LogP contribution in [0.3, 0.4) is 0 Å². The van der Waals surface area contributed by atoms with E-state index in [0.29, 0.717) is 31.4 Å². The van der Waals surface area contributed by atoms with Gasteiger partial charge in [0.2, 0.25) is 5.82 Å². The number of hydrogen-bond acceptors (Lipinski definition) is 1. The predicted octanol–water partition coefficient (Wildman–Crippen LogP) is 4.52. The van der Waals surface area contributed by atoms with Crippen LogP contribution in [-0.4, -0.2) is 36.3 Å². The molecule has 1 nitrogen and oxygen atoms in total. The second kappa shape index (κ2) is 10.5. The van der Waals surface area contributed by atoms with Gasteiger partial charge < -0.3 is 4.90 Å². The maximum absolute atomic E-state index is 13.4. The maximum atomic E-state index is 13.4. The van der Waals surface area contributed by atoms with Gasteiger partial charge in [-0.05, 0) is 19.4 Å². The first-order chi connectivity index (χ1) is 9.93. The molecular weight excluding hydrogens is 371 g/mol. The van der Waals surface area contributed by atoms with Gasteiger partial charge in [-0.1, -0.05) is 0 Å². The van der Waals surface area contributed by atoms with Gasteiger partial charge in [0.05, 0.1) is 0 Å². The van der Waals surface area contributed by atoms with Crippen molar-refractivity contribution in [2.45, 2.75) is 12.8 Å². The molecule has 0 saturated carbocycles. The number of halogens is 8. The Morgan fingerprint density at radius 2 is 1.09 bits per heavy atom. The molecule has 1 aromatic carbocycles. The van der Waals surface area contributed by atoms with Crippen molar-refractivity contribution in [3.05, 3.63) is 34.6 Å². The fraction of sp³-hybridized carbons (Fsp3) is 0.538. The summed E-state index contributed by atoms with van der Waals surface area (Å²) in [7, 11) is 0. The van der Waals surface area contributed by atoms with Gasteiger partial charge in [-0.25, -0.2) is 22.0 Å². The summed E-state index contributed by atoms with van der Waals surface area (Å²) in [5.74, 6) is -8.79. The first kappa shape index (κ1) is 21.7. The van der Waals surface area contributed by atoms with Gasteiger partial charge in [0.1, 0.15) is 0 Å². The third-order valence-corrected chi connectivity index (χ3v) is 3.34.